The Labute approximate surface area is 146 Å². The lowest BCUT2D eigenvalue weighted by Crippen LogP contribution is -2.37. The number of hydrogen-bond donors (Lipinski definition) is 0. The summed E-state index contributed by atoms with van der Waals surface area (Å²) in [7, 11) is 0. The van der Waals surface area contributed by atoms with Gasteiger partial charge in [0.15, 0.2) is 0 Å². The van der Waals surface area contributed by atoms with Gasteiger partial charge in [0, 0.05) is 41.8 Å². The van der Waals surface area contributed by atoms with Crippen LogP contribution in [0.5, 0.6) is 0 Å². The van der Waals surface area contributed by atoms with Crippen LogP contribution in [0, 0.1) is 5.41 Å². The minimum Gasteiger partial charge on any atom is -0.444 e. The highest BCUT2D eigenvalue weighted by Crippen LogP contribution is 2.41. The molecule has 1 atom stereocenters. The van der Waals surface area contributed by atoms with E-state index in [9.17, 15) is 4.79 Å². The molecular weight excluding hydrogens is 356 g/mol. The molecule has 126 valence electrons. The lowest BCUT2D eigenvalue weighted by molar-refractivity contribution is 0.0276. The number of anilines is 1. The molecule has 4 nitrogen and oxygen atoms in total. The third-order valence-electron chi connectivity index (χ3n) is 4.72. The van der Waals surface area contributed by atoms with E-state index in [0.717, 1.165) is 43.5 Å². The van der Waals surface area contributed by atoms with Crippen molar-refractivity contribution in [2.24, 2.45) is 5.41 Å². The Balaban J connectivity index is 1.62. The van der Waals surface area contributed by atoms with E-state index in [1.165, 1.54) is 5.69 Å². The number of nitrogens with zero attached hydrogens (tertiary/aromatic N) is 2. The quantitative estimate of drug-likeness (QED) is 0.728. The van der Waals surface area contributed by atoms with Gasteiger partial charge in [-0.05, 0) is 57.9 Å². The van der Waals surface area contributed by atoms with Gasteiger partial charge in [-0.1, -0.05) is 15.9 Å². The molecule has 0 radical (unpaired) electrons. The van der Waals surface area contributed by atoms with Crippen LogP contribution >= 0.6 is 15.9 Å². The molecule has 5 heteroatoms. The van der Waals surface area contributed by atoms with E-state index < -0.39 is 5.60 Å². The van der Waals surface area contributed by atoms with Crippen molar-refractivity contribution in [3.63, 3.8) is 0 Å². The first-order valence-corrected chi connectivity index (χ1v) is 9.04. The van der Waals surface area contributed by atoms with Crippen LogP contribution in [0.15, 0.2) is 28.7 Å². The number of halogens is 1. The van der Waals surface area contributed by atoms with Crippen molar-refractivity contribution >= 4 is 27.7 Å². The lowest BCUT2D eigenvalue weighted by atomic mass is 9.86. The zero-order valence-corrected chi connectivity index (χ0v) is 15.7. The van der Waals surface area contributed by atoms with Crippen molar-refractivity contribution in [2.45, 2.75) is 39.2 Å². The summed E-state index contributed by atoms with van der Waals surface area (Å²) in [6, 6.07) is 8.48. The third kappa shape index (κ3) is 3.82. The van der Waals surface area contributed by atoms with Crippen molar-refractivity contribution in [1.82, 2.24) is 4.90 Å². The highest BCUT2D eigenvalue weighted by molar-refractivity contribution is 9.10. The molecule has 2 fully saturated rings. The van der Waals surface area contributed by atoms with Crippen LogP contribution in [0.2, 0.25) is 0 Å². The number of carbonyl (C=O) groups excluding carboxylic acids is 1. The maximum Gasteiger partial charge on any atom is 0.410 e. The van der Waals surface area contributed by atoms with Crippen LogP contribution in [0.3, 0.4) is 0 Å². The molecule has 0 saturated carbocycles. The average molecular weight is 381 g/mol. The van der Waals surface area contributed by atoms with Crippen LogP contribution in [0.4, 0.5) is 10.5 Å². The molecule has 0 bridgehead atoms. The van der Waals surface area contributed by atoms with Gasteiger partial charge in [0.05, 0.1) is 0 Å². The molecule has 23 heavy (non-hydrogen) atoms. The minimum atomic E-state index is -0.425. The molecule has 0 aromatic heterocycles. The number of amides is 1. The molecule has 3 rings (SSSR count). The standard InChI is InChI=1S/C18H25BrN2O2/c1-17(2,3)23-16(22)21-11-9-18(13-21)8-10-20(12-18)15-6-4-14(19)5-7-15/h4-7H,8-13H2,1-3H3. The van der Waals surface area contributed by atoms with E-state index in [0.29, 0.717) is 0 Å². The molecule has 1 aromatic rings. The van der Waals surface area contributed by atoms with Gasteiger partial charge in [-0.2, -0.15) is 0 Å². The van der Waals surface area contributed by atoms with Gasteiger partial charge in [0.1, 0.15) is 5.60 Å². The molecular formula is C18H25BrN2O2. The summed E-state index contributed by atoms with van der Waals surface area (Å²) >= 11 is 3.48. The summed E-state index contributed by atoms with van der Waals surface area (Å²) in [4.78, 5) is 16.6. The van der Waals surface area contributed by atoms with Crippen molar-refractivity contribution in [1.29, 1.82) is 0 Å². The topological polar surface area (TPSA) is 32.8 Å². The number of carbonyl (C=O) groups is 1. The van der Waals surface area contributed by atoms with Crippen LogP contribution in [-0.4, -0.2) is 42.8 Å². The number of ether oxygens (including phenoxy) is 1. The summed E-state index contributed by atoms with van der Waals surface area (Å²) < 4.78 is 6.62. The Bertz CT molecular complexity index is 582. The molecule has 2 saturated heterocycles. The summed E-state index contributed by atoms with van der Waals surface area (Å²) in [6.07, 6.45) is 2.04. The fourth-order valence-electron chi connectivity index (χ4n) is 3.56. The average Bonchev–Trinajstić information content (AvgIpc) is 3.06. The van der Waals surface area contributed by atoms with Gasteiger partial charge < -0.3 is 14.5 Å². The predicted octanol–water partition coefficient (Wildman–Crippen LogP) is 4.29. The first-order chi connectivity index (χ1) is 10.8. The molecule has 0 aliphatic carbocycles. The fourth-order valence-corrected chi connectivity index (χ4v) is 3.82. The van der Waals surface area contributed by atoms with Crippen LogP contribution in [0.25, 0.3) is 0 Å². The van der Waals surface area contributed by atoms with E-state index in [1.54, 1.807) is 0 Å². The van der Waals surface area contributed by atoms with E-state index >= 15 is 0 Å². The predicted molar refractivity (Wildman–Crippen MR) is 95.8 cm³/mol. The van der Waals surface area contributed by atoms with Crippen LogP contribution in [-0.2, 0) is 4.74 Å². The first kappa shape index (κ1) is 16.6. The molecule has 1 amide bonds. The van der Waals surface area contributed by atoms with Gasteiger partial charge in [0.25, 0.3) is 0 Å². The van der Waals surface area contributed by atoms with Gasteiger partial charge >= 0.3 is 6.09 Å². The monoisotopic (exact) mass is 380 g/mol. The lowest BCUT2D eigenvalue weighted by Gasteiger charge is -2.27. The maximum atomic E-state index is 12.3. The van der Waals surface area contributed by atoms with Gasteiger partial charge in [-0.3, -0.25) is 0 Å². The van der Waals surface area contributed by atoms with Gasteiger partial charge in [-0.15, -0.1) is 0 Å². The Morgan fingerprint density at radius 1 is 1.13 bits per heavy atom. The van der Waals surface area contributed by atoms with E-state index in [-0.39, 0.29) is 11.5 Å². The van der Waals surface area contributed by atoms with E-state index in [2.05, 4.69) is 45.1 Å². The van der Waals surface area contributed by atoms with Crippen molar-refractivity contribution in [2.75, 3.05) is 31.1 Å². The zero-order chi connectivity index (χ0) is 16.7. The second-order valence-electron chi connectivity index (χ2n) is 7.80. The molecule has 2 aliphatic rings. The largest absolute Gasteiger partial charge is 0.444 e. The van der Waals surface area contributed by atoms with Gasteiger partial charge in [0.2, 0.25) is 0 Å². The third-order valence-corrected chi connectivity index (χ3v) is 5.25. The molecule has 1 aromatic carbocycles. The zero-order valence-electron chi connectivity index (χ0n) is 14.1. The van der Waals surface area contributed by atoms with Gasteiger partial charge in [-0.25, -0.2) is 4.79 Å². The van der Waals surface area contributed by atoms with E-state index in [4.69, 9.17) is 4.74 Å². The summed E-state index contributed by atoms with van der Waals surface area (Å²) in [5.41, 5.74) is 1.07. The molecule has 2 heterocycles. The molecule has 2 aliphatic heterocycles. The first-order valence-electron chi connectivity index (χ1n) is 8.25. The molecule has 0 N–H and O–H groups in total. The fraction of sp³-hybridized carbons (Fsp3) is 0.611. The summed E-state index contributed by atoms with van der Waals surface area (Å²) in [5, 5.41) is 0. The SMILES string of the molecule is CC(C)(C)OC(=O)N1CCC2(CCN(c3ccc(Br)cc3)C2)C1. The van der Waals surface area contributed by atoms with Crippen molar-refractivity contribution in [3.05, 3.63) is 28.7 Å². The summed E-state index contributed by atoms with van der Waals surface area (Å²) in [5.74, 6) is 0. The number of hydrogen-bond acceptors (Lipinski definition) is 3. The van der Waals surface area contributed by atoms with Crippen LogP contribution in [0.1, 0.15) is 33.6 Å². The Hall–Kier alpha value is -1.23. The maximum absolute atomic E-state index is 12.3. The molecule has 1 unspecified atom stereocenters. The van der Waals surface area contributed by atoms with Crippen molar-refractivity contribution in [3.8, 4) is 0 Å². The Morgan fingerprint density at radius 3 is 2.43 bits per heavy atom. The highest BCUT2D eigenvalue weighted by atomic mass is 79.9. The molecule has 1 spiro atoms. The second kappa shape index (κ2) is 6.00. The number of likely N-dealkylation sites (tertiary alicyclic amines) is 1. The number of rotatable bonds is 1. The van der Waals surface area contributed by atoms with E-state index in [1.807, 2.05) is 25.7 Å². The number of benzene rings is 1. The normalized spacial score (nSPS) is 24.5. The highest BCUT2D eigenvalue weighted by Gasteiger charge is 2.45. The van der Waals surface area contributed by atoms with Crippen LogP contribution < -0.4 is 4.90 Å². The second-order valence-corrected chi connectivity index (χ2v) is 8.72. The minimum absolute atomic E-state index is 0.170. The Morgan fingerprint density at radius 2 is 1.78 bits per heavy atom. The Kier molecular flexibility index (Phi) is 4.34. The van der Waals surface area contributed by atoms with Crippen molar-refractivity contribution < 1.29 is 9.53 Å². The summed E-state index contributed by atoms with van der Waals surface area (Å²) in [6.45, 7) is 9.46. The smallest absolute Gasteiger partial charge is 0.410 e.